The number of hydrogen-bond acceptors (Lipinski definition) is 1. The van der Waals surface area contributed by atoms with E-state index in [1.54, 1.807) is 0 Å². The maximum atomic E-state index is 12.1. The number of benzene rings is 1. The van der Waals surface area contributed by atoms with Crippen molar-refractivity contribution in [1.29, 1.82) is 0 Å². The van der Waals surface area contributed by atoms with Crippen LogP contribution in [0.5, 0.6) is 0 Å². The topological polar surface area (TPSA) is 32.3 Å². The third-order valence-corrected chi connectivity index (χ3v) is 3.72. The first-order valence-corrected chi connectivity index (χ1v) is 7.18. The zero-order valence-corrected chi connectivity index (χ0v) is 12.0. The van der Waals surface area contributed by atoms with Gasteiger partial charge in [-0.25, -0.2) is 4.79 Å². The fourth-order valence-corrected chi connectivity index (χ4v) is 2.45. The molecule has 0 spiro atoms. The number of nitrogens with one attached hydrogen (secondary N) is 1. The molecule has 1 aromatic carbocycles. The summed E-state index contributed by atoms with van der Waals surface area (Å²) in [6.45, 7) is 6.01. The second-order valence-electron chi connectivity index (χ2n) is 5.99. The van der Waals surface area contributed by atoms with E-state index in [0.717, 1.165) is 38.8 Å². The van der Waals surface area contributed by atoms with Crippen LogP contribution in [-0.4, -0.2) is 29.6 Å². The van der Waals surface area contributed by atoms with Crippen LogP contribution < -0.4 is 5.32 Å². The number of likely N-dealkylation sites (tertiary alicyclic amines) is 1. The summed E-state index contributed by atoms with van der Waals surface area (Å²) in [4.78, 5) is 14.0. The van der Waals surface area contributed by atoms with Gasteiger partial charge in [0.25, 0.3) is 0 Å². The summed E-state index contributed by atoms with van der Waals surface area (Å²) in [5, 5.41) is 3.16. The Morgan fingerprint density at radius 3 is 2.47 bits per heavy atom. The van der Waals surface area contributed by atoms with Gasteiger partial charge in [-0.05, 0) is 45.1 Å². The lowest BCUT2D eigenvalue weighted by Gasteiger charge is -2.29. The maximum absolute atomic E-state index is 12.1. The largest absolute Gasteiger partial charge is 0.333 e. The van der Waals surface area contributed by atoms with Gasteiger partial charge in [-0.3, -0.25) is 0 Å². The highest BCUT2D eigenvalue weighted by Gasteiger charge is 2.25. The molecule has 1 aliphatic heterocycles. The summed E-state index contributed by atoms with van der Waals surface area (Å²) in [7, 11) is 0. The molecule has 1 aliphatic rings. The van der Waals surface area contributed by atoms with E-state index in [1.807, 2.05) is 11.0 Å². The van der Waals surface area contributed by atoms with Gasteiger partial charge in [-0.1, -0.05) is 30.3 Å². The molecule has 1 fully saturated rings. The third-order valence-electron chi connectivity index (χ3n) is 3.72. The van der Waals surface area contributed by atoms with Gasteiger partial charge in [-0.15, -0.1) is 0 Å². The Kier molecular flexibility index (Phi) is 4.46. The van der Waals surface area contributed by atoms with Gasteiger partial charge < -0.3 is 10.2 Å². The van der Waals surface area contributed by atoms with Crippen molar-refractivity contribution in [2.75, 3.05) is 13.1 Å². The lowest BCUT2D eigenvalue weighted by molar-refractivity contribution is 0.195. The van der Waals surface area contributed by atoms with Crippen LogP contribution in [-0.2, 0) is 6.42 Å². The molecule has 19 heavy (non-hydrogen) atoms. The maximum Gasteiger partial charge on any atom is 0.317 e. The zero-order valence-electron chi connectivity index (χ0n) is 12.0. The van der Waals surface area contributed by atoms with Crippen LogP contribution in [0.25, 0.3) is 0 Å². The number of nitrogens with zero attached hydrogens (tertiary/aromatic N) is 1. The Hall–Kier alpha value is -1.51. The first kappa shape index (κ1) is 13.9. The lowest BCUT2D eigenvalue weighted by atomic mass is 9.95. The summed E-state index contributed by atoms with van der Waals surface area (Å²) in [5.41, 5.74) is 1.17. The molecular formula is C16H24N2O. The van der Waals surface area contributed by atoms with E-state index in [4.69, 9.17) is 0 Å². The van der Waals surface area contributed by atoms with Crippen molar-refractivity contribution >= 4 is 6.03 Å². The predicted octanol–water partition coefficient (Wildman–Crippen LogP) is 3.20. The fraction of sp³-hybridized carbons (Fsp3) is 0.562. The number of aryl methyl sites for hydroxylation is 1. The third kappa shape index (κ3) is 4.27. The van der Waals surface area contributed by atoms with Crippen molar-refractivity contribution in [3.8, 4) is 0 Å². The predicted molar refractivity (Wildman–Crippen MR) is 78.2 cm³/mol. The molecule has 1 heterocycles. The standard InChI is InChI=1S/C16H24N2O/c1-16(2,11-10-14-8-4-3-5-9-14)17-15(19)18-12-6-7-13-18/h3-5,8-9H,6-7,10-13H2,1-2H3,(H,17,19). The van der Waals surface area contributed by atoms with Crippen molar-refractivity contribution in [3.63, 3.8) is 0 Å². The van der Waals surface area contributed by atoms with E-state index in [2.05, 4.69) is 43.4 Å². The Balaban J connectivity index is 1.82. The first-order chi connectivity index (χ1) is 9.07. The second-order valence-corrected chi connectivity index (χ2v) is 5.99. The van der Waals surface area contributed by atoms with Gasteiger partial charge in [0.15, 0.2) is 0 Å². The molecule has 0 atom stereocenters. The van der Waals surface area contributed by atoms with E-state index in [1.165, 1.54) is 5.56 Å². The van der Waals surface area contributed by atoms with E-state index in [0.29, 0.717) is 0 Å². The number of amides is 2. The van der Waals surface area contributed by atoms with Crippen molar-refractivity contribution in [3.05, 3.63) is 35.9 Å². The monoisotopic (exact) mass is 260 g/mol. The quantitative estimate of drug-likeness (QED) is 0.886. The van der Waals surface area contributed by atoms with Crippen LogP contribution in [0.1, 0.15) is 38.7 Å². The van der Waals surface area contributed by atoms with Gasteiger partial charge in [-0.2, -0.15) is 0 Å². The average molecular weight is 260 g/mol. The van der Waals surface area contributed by atoms with Crippen LogP contribution >= 0.6 is 0 Å². The highest BCUT2D eigenvalue weighted by Crippen LogP contribution is 2.15. The molecule has 0 radical (unpaired) electrons. The minimum absolute atomic E-state index is 0.0931. The van der Waals surface area contributed by atoms with E-state index in [9.17, 15) is 4.79 Å². The summed E-state index contributed by atoms with van der Waals surface area (Å²) in [5.74, 6) is 0. The summed E-state index contributed by atoms with van der Waals surface area (Å²) >= 11 is 0. The van der Waals surface area contributed by atoms with Gasteiger partial charge in [0.2, 0.25) is 0 Å². The molecule has 0 saturated carbocycles. The van der Waals surface area contributed by atoms with Crippen molar-refractivity contribution in [2.45, 2.75) is 45.1 Å². The van der Waals surface area contributed by atoms with Gasteiger partial charge in [0, 0.05) is 18.6 Å². The summed E-state index contributed by atoms with van der Waals surface area (Å²) in [6.07, 6.45) is 4.22. The molecular weight excluding hydrogens is 236 g/mol. The molecule has 2 rings (SSSR count). The van der Waals surface area contributed by atoms with Crippen molar-refractivity contribution in [2.24, 2.45) is 0 Å². The molecule has 0 aromatic heterocycles. The normalized spacial score (nSPS) is 15.6. The van der Waals surface area contributed by atoms with Gasteiger partial charge >= 0.3 is 6.03 Å². The van der Waals surface area contributed by atoms with Crippen molar-refractivity contribution in [1.82, 2.24) is 10.2 Å². The molecule has 0 bridgehead atoms. The summed E-state index contributed by atoms with van der Waals surface area (Å²) in [6, 6.07) is 10.5. The molecule has 1 saturated heterocycles. The highest BCUT2D eigenvalue weighted by atomic mass is 16.2. The number of hydrogen-bond donors (Lipinski definition) is 1. The molecule has 3 nitrogen and oxygen atoms in total. The van der Waals surface area contributed by atoms with Crippen LogP contribution in [0.3, 0.4) is 0 Å². The number of rotatable bonds is 4. The SMILES string of the molecule is CC(C)(CCc1ccccc1)NC(=O)N1CCCC1. The molecule has 1 aromatic rings. The fourth-order valence-electron chi connectivity index (χ4n) is 2.45. The Morgan fingerprint density at radius 2 is 1.84 bits per heavy atom. The van der Waals surface area contributed by atoms with Gasteiger partial charge in [0.05, 0.1) is 0 Å². The Labute approximate surface area is 116 Å². The molecule has 2 amide bonds. The highest BCUT2D eigenvalue weighted by molar-refractivity contribution is 5.75. The Morgan fingerprint density at radius 1 is 1.21 bits per heavy atom. The van der Waals surface area contributed by atoms with E-state index < -0.39 is 0 Å². The number of urea groups is 1. The number of carbonyl (C=O) groups is 1. The minimum atomic E-state index is -0.157. The lowest BCUT2D eigenvalue weighted by Crippen LogP contribution is -2.49. The molecule has 0 aliphatic carbocycles. The van der Waals surface area contributed by atoms with Crippen LogP contribution in [0, 0.1) is 0 Å². The summed E-state index contributed by atoms with van der Waals surface area (Å²) < 4.78 is 0. The smallest absolute Gasteiger partial charge is 0.317 e. The van der Waals surface area contributed by atoms with E-state index >= 15 is 0 Å². The molecule has 3 heteroatoms. The molecule has 1 N–H and O–H groups in total. The van der Waals surface area contributed by atoms with Crippen LogP contribution in [0.2, 0.25) is 0 Å². The first-order valence-electron chi connectivity index (χ1n) is 7.18. The minimum Gasteiger partial charge on any atom is -0.333 e. The van der Waals surface area contributed by atoms with Crippen LogP contribution in [0.15, 0.2) is 30.3 Å². The molecule has 0 unspecified atom stereocenters. The Bertz CT molecular complexity index is 408. The second kappa shape index (κ2) is 6.09. The van der Waals surface area contributed by atoms with Crippen molar-refractivity contribution < 1.29 is 4.79 Å². The molecule has 104 valence electrons. The van der Waals surface area contributed by atoms with Gasteiger partial charge in [0.1, 0.15) is 0 Å². The van der Waals surface area contributed by atoms with E-state index in [-0.39, 0.29) is 11.6 Å². The number of carbonyl (C=O) groups excluding carboxylic acids is 1. The van der Waals surface area contributed by atoms with Crippen LogP contribution in [0.4, 0.5) is 4.79 Å². The zero-order chi connectivity index (χ0) is 13.7. The average Bonchev–Trinajstić information content (AvgIpc) is 2.91.